The summed E-state index contributed by atoms with van der Waals surface area (Å²) < 4.78 is 28.7. The summed E-state index contributed by atoms with van der Waals surface area (Å²) in [5.41, 5.74) is 1.43. The number of carbonyl (C=O) groups excluding carboxylic acids is 2. The third kappa shape index (κ3) is 4.71. The van der Waals surface area contributed by atoms with Crippen molar-refractivity contribution in [3.8, 4) is 5.75 Å². The molecular formula is C22H20FN3O5. The zero-order valence-corrected chi connectivity index (χ0v) is 16.8. The number of aromatic nitrogens is 2. The van der Waals surface area contributed by atoms with Crippen LogP contribution in [-0.4, -0.2) is 35.2 Å². The Hall–Kier alpha value is -3.75. The Morgan fingerprint density at radius 3 is 2.81 bits per heavy atom. The highest BCUT2D eigenvalue weighted by atomic mass is 19.1. The maximum Gasteiger partial charge on any atom is 0.397 e. The Labute approximate surface area is 177 Å². The maximum atomic E-state index is 13.3. The van der Waals surface area contributed by atoms with E-state index in [0.717, 1.165) is 5.56 Å². The maximum absolute atomic E-state index is 13.3. The quantitative estimate of drug-likeness (QED) is 0.535. The van der Waals surface area contributed by atoms with Crippen molar-refractivity contribution < 1.29 is 28.0 Å². The van der Waals surface area contributed by atoms with Gasteiger partial charge in [-0.3, -0.25) is 4.79 Å². The molecule has 1 aliphatic heterocycles. The van der Waals surface area contributed by atoms with Crippen LogP contribution in [0.15, 0.2) is 53.1 Å². The van der Waals surface area contributed by atoms with E-state index in [1.807, 2.05) is 0 Å². The van der Waals surface area contributed by atoms with Crippen LogP contribution in [0.4, 0.5) is 10.1 Å². The zero-order chi connectivity index (χ0) is 21.8. The van der Waals surface area contributed by atoms with Crippen LogP contribution < -0.4 is 9.64 Å². The Balaban J connectivity index is 1.38. The van der Waals surface area contributed by atoms with Crippen molar-refractivity contribution >= 4 is 17.6 Å². The van der Waals surface area contributed by atoms with Gasteiger partial charge in [0, 0.05) is 24.6 Å². The molecule has 0 aliphatic carbocycles. The van der Waals surface area contributed by atoms with Gasteiger partial charge in [-0.25, -0.2) is 9.18 Å². The zero-order valence-electron chi connectivity index (χ0n) is 16.8. The standard InChI is InChI=1S/C22H20FN3O5/c1-2-29-22(28)21-24-20(25-31-21)15-11-19(27)26(12-15)17-6-8-18(9-7-17)30-13-14-4-3-5-16(23)10-14/h3-10,15H,2,11-13H2,1H3/t15-/m1/s1. The molecule has 3 aromatic rings. The average Bonchev–Trinajstić information content (AvgIpc) is 3.40. The minimum Gasteiger partial charge on any atom is -0.489 e. The number of esters is 1. The Kier molecular flexibility index (Phi) is 5.92. The average molecular weight is 425 g/mol. The van der Waals surface area contributed by atoms with Crippen molar-refractivity contribution in [1.82, 2.24) is 10.1 Å². The SMILES string of the molecule is CCOC(=O)c1nc([C@@H]2CC(=O)N(c3ccc(OCc4cccc(F)c4)cc3)C2)no1. The summed E-state index contributed by atoms with van der Waals surface area (Å²) in [6.07, 6.45) is 0.208. The van der Waals surface area contributed by atoms with E-state index in [9.17, 15) is 14.0 Å². The molecular weight excluding hydrogens is 405 g/mol. The first-order chi connectivity index (χ1) is 15.0. The third-order valence-corrected chi connectivity index (χ3v) is 4.82. The molecule has 1 fully saturated rings. The minimum atomic E-state index is -0.684. The Bertz CT molecular complexity index is 1080. The fourth-order valence-corrected chi connectivity index (χ4v) is 3.32. The van der Waals surface area contributed by atoms with Crippen LogP contribution in [-0.2, 0) is 16.1 Å². The van der Waals surface area contributed by atoms with E-state index in [2.05, 4.69) is 10.1 Å². The highest BCUT2D eigenvalue weighted by molar-refractivity contribution is 5.96. The molecule has 0 unspecified atom stereocenters. The first-order valence-corrected chi connectivity index (χ1v) is 9.82. The number of benzene rings is 2. The molecule has 160 valence electrons. The largest absolute Gasteiger partial charge is 0.489 e. The van der Waals surface area contributed by atoms with Gasteiger partial charge in [0.05, 0.1) is 6.61 Å². The molecule has 0 spiro atoms. The van der Waals surface area contributed by atoms with Crippen molar-refractivity contribution in [3.63, 3.8) is 0 Å². The molecule has 0 bridgehead atoms. The molecule has 1 aliphatic rings. The second-order valence-electron chi connectivity index (χ2n) is 7.00. The molecule has 4 rings (SSSR count). The summed E-state index contributed by atoms with van der Waals surface area (Å²) in [5, 5.41) is 3.82. The molecule has 1 atom stereocenters. The lowest BCUT2D eigenvalue weighted by Crippen LogP contribution is -2.24. The molecule has 9 heteroatoms. The topological polar surface area (TPSA) is 94.8 Å². The molecule has 0 saturated carbocycles. The molecule has 2 aromatic carbocycles. The van der Waals surface area contributed by atoms with Gasteiger partial charge in [-0.2, -0.15) is 4.98 Å². The van der Waals surface area contributed by atoms with E-state index >= 15 is 0 Å². The van der Waals surface area contributed by atoms with Crippen molar-refractivity contribution in [1.29, 1.82) is 0 Å². The summed E-state index contributed by atoms with van der Waals surface area (Å²) in [5.74, 6) is -0.681. The third-order valence-electron chi connectivity index (χ3n) is 4.82. The molecule has 8 nitrogen and oxygen atoms in total. The number of ether oxygens (including phenoxy) is 2. The fourth-order valence-electron chi connectivity index (χ4n) is 3.32. The fraction of sp³-hybridized carbons (Fsp3) is 0.273. The van der Waals surface area contributed by atoms with E-state index in [-0.39, 0.29) is 43.2 Å². The van der Waals surface area contributed by atoms with E-state index in [0.29, 0.717) is 23.8 Å². The normalized spacial score (nSPS) is 15.9. The highest BCUT2D eigenvalue weighted by Gasteiger charge is 2.35. The highest BCUT2D eigenvalue weighted by Crippen LogP contribution is 2.31. The lowest BCUT2D eigenvalue weighted by atomic mass is 10.1. The summed E-state index contributed by atoms with van der Waals surface area (Å²) in [4.78, 5) is 29.9. The lowest BCUT2D eigenvalue weighted by Gasteiger charge is -2.16. The van der Waals surface area contributed by atoms with Crippen LogP contribution in [0.2, 0.25) is 0 Å². The summed E-state index contributed by atoms with van der Waals surface area (Å²) in [6, 6.07) is 13.3. The van der Waals surface area contributed by atoms with Crippen LogP contribution >= 0.6 is 0 Å². The van der Waals surface area contributed by atoms with Crippen LogP contribution in [0.1, 0.15) is 41.3 Å². The Morgan fingerprint density at radius 2 is 2.06 bits per heavy atom. The number of hydrogen-bond acceptors (Lipinski definition) is 7. The lowest BCUT2D eigenvalue weighted by molar-refractivity contribution is -0.117. The number of halogens is 1. The van der Waals surface area contributed by atoms with Crippen molar-refractivity contribution in [2.45, 2.75) is 25.9 Å². The number of hydrogen-bond donors (Lipinski definition) is 0. The number of rotatable bonds is 7. The predicted molar refractivity (Wildman–Crippen MR) is 107 cm³/mol. The first kappa shape index (κ1) is 20.5. The van der Waals surface area contributed by atoms with E-state index in [1.54, 1.807) is 48.2 Å². The van der Waals surface area contributed by atoms with Crippen molar-refractivity contribution in [3.05, 3.63) is 71.6 Å². The molecule has 0 radical (unpaired) electrons. The number of nitrogens with zero attached hydrogens (tertiary/aromatic N) is 3. The molecule has 1 amide bonds. The van der Waals surface area contributed by atoms with E-state index < -0.39 is 5.97 Å². The van der Waals surface area contributed by atoms with Gasteiger partial charge in [0.15, 0.2) is 5.82 Å². The summed E-state index contributed by atoms with van der Waals surface area (Å²) >= 11 is 0. The van der Waals surface area contributed by atoms with Gasteiger partial charge in [0.25, 0.3) is 0 Å². The van der Waals surface area contributed by atoms with Gasteiger partial charge < -0.3 is 18.9 Å². The number of carbonyl (C=O) groups is 2. The second kappa shape index (κ2) is 8.95. The molecule has 2 heterocycles. The predicted octanol–water partition coefficient (Wildman–Crippen LogP) is 3.48. The number of amides is 1. The van der Waals surface area contributed by atoms with Gasteiger partial charge in [-0.15, -0.1) is 0 Å². The monoisotopic (exact) mass is 425 g/mol. The van der Waals surface area contributed by atoms with Crippen LogP contribution in [0.25, 0.3) is 0 Å². The van der Waals surface area contributed by atoms with Gasteiger partial charge in [0.2, 0.25) is 5.91 Å². The first-order valence-electron chi connectivity index (χ1n) is 9.82. The molecule has 1 aromatic heterocycles. The molecule has 31 heavy (non-hydrogen) atoms. The van der Waals surface area contributed by atoms with Crippen molar-refractivity contribution in [2.24, 2.45) is 0 Å². The van der Waals surface area contributed by atoms with Gasteiger partial charge in [-0.05, 0) is 48.9 Å². The van der Waals surface area contributed by atoms with Crippen molar-refractivity contribution in [2.75, 3.05) is 18.1 Å². The molecule has 0 N–H and O–H groups in total. The molecule has 1 saturated heterocycles. The van der Waals surface area contributed by atoms with E-state index in [4.69, 9.17) is 14.0 Å². The Morgan fingerprint density at radius 1 is 1.26 bits per heavy atom. The van der Waals surface area contributed by atoms with Crippen LogP contribution in [0, 0.1) is 5.82 Å². The summed E-state index contributed by atoms with van der Waals surface area (Å²) in [6.45, 7) is 2.49. The minimum absolute atomic E-state index is 0.0825. The smallest absolute Gasteiger partial charge is 0.397 e. The van der Waals surface area contributed by atoms with Gasteiger partial charge in [0.1, 0.15) is 18.2 Å². The second-order valence-corrected chi connectivity index (χ2v) is 7.00. The number of anilines is 1. The van der Waals surface area contributed by atoms with Gasteiger partial charge >= 0.3 is 11.9 Å². The van der Waals surface area contributed by atoms with E-state index in [1.165, 1.54) is 12.1 Å². The summed E-state index contributed by atoms with van der Waals surface area (Å²) in [7, 11) is 0. The van der Waals surface area contributed by atoms with Crippen LogP contribution in [0.3, 0.4) is 0 Å². The van der Waals surface area contributed by atoms with Crippen LogP contribution in [0.5, 0.6) is 5.75 Å². The van der Waals surface area contributed by atoms with Gasteiger partial charge in [-0.1, -0.05) is 17.3 Å².